The van der Waals surface area contributed by atoms with Gasteiger partial charge < -0.3 is 0 Å². The second-order valence-corrected chi connectivity index (χ2v) is 4.34. The van der Waals surface area contributed by atoms with E-state index in [1.165, 1.54) is 6.07 Å². The van der Waals surface area contributed by atoms with Crippen molar-refractivity contribution in [3.8, 4) is 0 Å². The summed E-state index contributed by atoms with van der Waals surface area (Å²) in [6.07, 6.45) is 7.15. The molecule has 0 radical (unpaired) electrons. The number of rotatable bonds is 1. The Morgan fingerprint density at radius 2 is 2.07 bits per heavy atom. The smallest absolute Gasteiger partial charge is 0.130 e. The van der Waals surface area contributed by atoms with Gasteiger partial charge in [0.15, 0.2) is 0 Å². The number of halogens is 2. The predicted molar refractivity (Wildman–Crippen MR) is 56.7 cm³/mol. The Balaban J connectivity index is 2.44. The van der Waals surface area contributed by atoms with E-state index in [9.17, 15) is 8.78 Å². The van der Waals surface area contributed by atoms with Crippen LogP contribution < -0.4 is 0 Å². The third kappa shape index (κ3) is 1.94. The summed E-state index contributed by atoms with van der Waals surface area (Å²) >= 11 is 0. The Morgan fingerprint density at radius 1 is 1.27 bits per heavy atom. The third-order valence-corrected chi connectivity index (χ3v) is 3.10. The highest BCUT2D eigenvalue weighted by Gasteiger charge is 2.27. The summed E-state index contributed by atoms with van der Waals surface area (Å²) in [4.78, 5) is 0. The van der Waals surface area contributed by atoms with E-state index >= 15 is 0 Å². The van der Waals surface area contributed by atoms with Gasteiger partial charge >= 0.3 is 0 Å². The molecule has 1 aromatic carbocycles. The van der Waals surface area contributed by atoms with Gasteiger partial charge in [-0.3, -0.25) is 0 Å². The average molecular weight is 208 g/mol. The summed E-state index contributed by atoms with van der Waals surface area (Å²) in [5.41, 5.74) is 0.329. The molecule has 0 bridgehead atoms. The molecule has 0 saturated carbocycles. The molecule has 1 aromatic rings. The molecule has 0 unspecified atom stereocenters. The second-order valence-electron chi connectivity index (χ2n) is 4.34. The van der Waals surface area contributed by atoms with Gasteiger partial charge in [0.05, 0.1) is 0 Å². The second kappa shape index (κ2) is 3.76. The third-order valence-electron chi connectivity index (χ3n) is 3.10. The normalized spacial score (nSPS) is 25.5. The topological polar surface area (TPSA) is 0 Å². The lowest BCUT2D eigenvalue weighted by atomic mass is 9.75. The Hall–Kier alpha value is -1.18. The quantitative estimate of drug-likeness (QED) is 0.613. The van der Waals surface area contributed by atoms with Crippen LogP contribution in [0.15, 0.2) is 30.4 Å². The van der Waals surface area contributed by atoms with Crippen molar-refractivity contribution in [3.63, 3.8) is 0 Å². The molecule has 1 aliphatic rings. The van der Waals surface area contributed by atoms with Crippen LogP contribution in [0.2, 0.25) is 0 Å². The molecule has 0 fully saturated rings. The largest absolute Gasteiger partial charge is 0.207 e. The molecular formula is C13H14F2. The summed E-state index contributed by atoms with van der Waals surface area (Å²) in [5, 5.41) is 0. The number of hydrogen-bond donors (Lipinski definition) is 0. The maximum Gasteiger partial charge on any atom is 0.130 e. The maximum atomic E-state index is 13.6. The fraction of sp³-hybridized carbons (Fsp3) is 0.385. The van der Waals surface area contributed by atoms with E-state index in [1.54, 1.807) is 6.07 Å². The van der Waals surface area contributed by atoms with Gasteiger partial charge in [0.1, 0.15) is 11.6 Å². The zero-order valence-corrected chi connectivity index (χ0v) is 8.76. The maximum absolute atomic E-state index is 13.6. The zero-order valence-electron chi connectivity index (χ0n) is 8.76. The van der Waals surface area contributed by atoms with Crippen molar-refractivity contribution in [3.05, 3.63) is 47.5 Å². The van der Waals surface area contributed by atoms with Gasteiger partial charge in [-0.05, 0) is 30.9 Å². The Bertz CT molecular complexity index is 396. The molecule has 0 aliphatic heterocycles. The van der Waals surface area contributed by atoms with Gasteiger partial charge in [0.25, 0.3) is 0 Å². The van der Waals surface area contributed by atoms with Crippen molar-refractivity contribution in [2.75, 3.05) is 0 Å². The van der Waals surface area contributed by atoms with Gasteiger partial charge in [-0.1, -0.05) is 25.1 Å². The van der Waals surface area contributed by atoms with E-state index < -0.39 is 11.6 Å². The lowest BCUT2D eigenvalue weighted by Gasteiger charge is -2.29. The molecular weight excluding hydrogens is 194 g/mol. The molecule has 0 amide bonds. The lowest BCUT2D eigenvalue weighted by molar-refractivity contribution is 0.462. The molecule has 0 nitrogen and oxygen atoms in total. The van der Waals surface area contributed by atoms with Crippen LogP contribution in [0.25, 0.3) is 0 Å². The van der Waals surface area contributed by atoms with Crippen LogP contribution in [-0.2, 0) is 5.41 Å². The van der Waals surface area contributed by atoms with E-state index in [2.05, 4.69) is 6.08 Å². The van der Waals surface area contributed by atoms with Crippen LogP contribution >= 0.6 is 0 Å². The Kier molecular flexibility index (Phi) is 2.59. The first-order valence-corrected chi connectivity index (χ1v) is 5.25. The molecule has 0 aromatic heterocycles. The van der Waals surface area contributed by atoms with E-state index in [0.717, 1.165) is 25.3 Å². The van der Waals surface area contributed by atoms with Crippen molar-refractivity contribution in [2.45, 2.75) is 31.6 Å². The molecule has 2 heteroatoms. The fourth-order valence-electron chi connectivity index (χ4n) is 2.19. The van der Waals surface area contributed by atoms with Gasteiger partial charge in [-0.2, -0.15) is 0 Å². The minimum Gasteiger partial charge on any atom is -0.207 e. The summed E-state index contributed by atoms with van der Waals surface area (Å²) in [7, 11) is 0. The summed E-state index contributed by atoms with van der Waals surface area (Å²) in [6.45, 7) is 2.00. The molecule has 0 N–H and O–H groups in total. The summed E-state index contributed by atoms with van der Waals surface area (Å²) < 4.78 is 26.4. The van der Waals surface area contributed by atoms with Crippen LogP contribution in [0.1, 0.15) is 31.7 Å². The van der Waals surface area contributed by atoms with Crippen LogP contribution in [0, 0.1) is 11.6 Å². The first-order valence-electron chi connectivity index (χ1n) is 5.25. The standard InChI is InChI=1S/C13H14F2/c1-13(7-3-2-4-8-13)11-6-5-10(14)9-12(11)15/h3,5-7,9H,2,4,8H2,1H3/t13-/m0/s1. The van der Waals surface area contributed by atoms with Gasteiger partial charge in [-0.15, -0.1) is 0 Å². The van der Waals surface area contributed by atoms with Gasteiger partial charge in [0, 0.05) is 11.5 Å². The highest BCUT2D eigenvalue weighted by molar-refractivity contribution is 5.32. The molecule has 1 aliphatic carbocycles. The highest BCUT2D eigenvalue weighted by Crippen LogP contribution is 2.35. The highest BCUT2D eigenvalue weighted by atomic mass is 19.1. The molecule has 0 saturated heterocycles. The molecule has 1 atom stereocenters. The molecule has 2 rings (SSSR count). The lowest BCUT2D eigenvalue weighted by Crippen LogP contribution is -2.22. The van der Waals surface area contributed by atoms with E-state index in [0.29, 0.717) is 5.56 Å². The Morgan fingerprint density at radius 3 is 2.67 bits per heavy atom. The number of benzene rings is 1. The molecule has 15 heavy (non-hydrogen) atoms. The fourth-order valence-corrected chi connectivity index (χ4v) is 2.19. The summed E-state index contributed by atoms with van der Waals surface area (Å²) in [6, 6.07) is 3.84. The van der Waals surface area contributed by atoms with Crippen molar-refractivity contribution in [2.24, 2.45) is 0 Å². The monoisotopic (exact) mass is 208 g/mol. The van der Waals surface area contributed by atoms with Gasteiger partial charge in [-0.25, -0.2) is 8.78 Å². The SMILES string of the molecule is C[C@]1(c2ccc(F)cc2F)C=CCCC1. The first-order chi connectivity index (χ1) is 7.12. The van der Waals surface area contributed by atoms with Crippen molar-refractivity contribution in [1.29, 1.82) is 0 Å². The summed E-state index contributed by atoms with van der Waals surface area (Å²) in [5.74, 6) is -0.955. The predicted octanol–water partition coefficient (Wildman–Crippen LogP) is 3.96. The average Bonchev–Trinajstić information content (AvgIpc) is 2.18. The van der Waals surface area contributed by atoms with Crippen molar-refractivity contribution >= 4 is 0 Å². The number of hydrogen-bond acceptors (Lipinski definition) is 0. The van der Waals surface area contributed by atoms with Crippen LogP contribution in [0.3, 0.4) is 0 Å². The first kappa shape index (κ1) is 10.3. The molecule has 80 valence electrons. The van der Waals surface area contributed by atoms with Crippen LogP contribution in [-0.4, -0.2) is 0 Å². The zero-order chi connectivity index (χ0) is 10.9. The molecule has 0 heterocycles. The van der Waals surface area contributed by atoms with Crippen LogP contribution in [0.4, 0.5) is 8.78 Å². The van der Waals surface area contributed by atoms with Crippen LogP contribution in [0.5, 0.6) is 0 Å². The minimum atomic E-state index is -0.514. The molecule has 0 spiro atoms. The number of allylic oxidation sites excluding steroid dienone is 2. The minimum absolute atomic E-state index is 0.268. The van der Waals surface area contributed by atoms with Crippen molar-refractivity contribution < 1.29 is 8.78 Å². The van der Waals surface area contributed by atoms with E-state index in [-0.39, 0.29) is 5.41 Å². The van der Waals surface area contributed by atoms with Gasteiger partial charge in [0.2, 0.25) is 0 Å². The van der Waals surface area contributed by atoms with Crippen molar-refractivity contribution in [1.82, 2.24) is 0 Å². The van der Waals surface area contributed by atoms with E-state index in [1.807, 2.05) is 13.0 Å². The van der Waals surface area contributed by atoms with E-state index in [4.69, 9.17) is 0 Å². The Labute approximate surface area is 88.6 Å².